The van der Waals surface area contributed by atoms with E-state index in [1.807, 2.05) is 0 Å². The Morgan fingerprint density at radius 3 is 2.62 bits per heavy atom. The third-order valence-electron chi connectivity index (χ3n) is 4.88. The Morgan fingerprint density at radius 2 is 2.04 bits per heavy atom. The molecule has 0 spiro atoms. The molecular weight excluding hydrogens is 312 g/mol. The van der Waals surface area contributed by atoms with Gasteiger partial charge >= 0.3 is 5.97 Å². The number of ether oxygens (including phenoxy) is 1. The van der Waals surface area contributed by atoms with Gasteiger partial charge in [0.05, 0.1) is 12.3 Å². The second-order valence-corrected chi connectivity index (χ2v) is 6.26. The van der Waals surface area contributed by atoms with Crippen LogP contribution in [0.3, 0.4) is 0 Å². The molecule has 130 valence electrons. The zero-order chi connectivity index (χ0) is 17.1. The summed E-state index contributed by atoms with van der Waals surface area (Å²) in [6, 6.07) is -0.777. The van der Waals surface area contributed by atoms with Crippen LogP contribution in [0.2, 0.25) is 0 Å². The molecule has 1 aromatic rings. The highest BCUT2D eigenvalue weighted by atomic mass is 16.5. The molecule has 0 aromatic carbocycles. The van der Waals surface area contributed by atoms with Crippen molar-refractivity contribution < 1.29 is 19.4 Å². The number of carboxylic acids is 1. The Bertz CT molecular complexity index is 589. The number of anilines is 1. The summed E-state index contributed by atoms with van der Waals surface area (Å²) in [5.74, 6) is -0.358. The highest BCUT2D eigenvalue weighted by molar-refractivity contribution is 5.86. The van der Waals surface area contributed by atoms with Crippen LogP contribution in [0.5, 0.6) is 0 Å². The van der Waals surface area contributed by atoms with Crippen molar-refractivity contribution in [3.63, 3.8) is 0 Å². The summed E-state index contributed by atoms with van der Waals surface area (Å²) in [5.41, 5.74) is 0. The molecule has 0 saturated carbocycles. The van der Waals surface area contributed by atoms with Gasteiger partial charge in [-0.25, -0.2) is 9.78 Å². The number of carbonyl (C=O) groups is 2. The summed E-state index contributed by atoms with van der Waals surface area (Å²) in [7, 11) is 1.55. The van der Waals surface area contributed by atoms with Crippen LogP contribution < -0.4 is 4.90 Å². The number of hydrogen-bond acceptors (Lipinski definition) is 6. The van der Waals surface area contributed by atoms with Crippen LogP contribution in [-0.4, -0.2) is 70.7 Å². The highest BCUT2D eigenvalue weighted by Crippen LogP contribution is 2.27. The van der Waals surface area contributed by atoms with Crippen LogP contribution in [0.25, 0.3) is 0 Å². The van der Waals surface area contributed by atoms with Gasteiger partial charge in [-0.15, -0.1) is 0 Å². The number of aliphatic carboxylic acids is 1. The van der Waals surface area contributed by atoms with Crippen molar-refractivity contribution in [2.24, 2.45) is 5.92 Å². The first-order valence-electron chi connectivity index (χ1n) is 8.17. The van der Waals surface area contributed by atoms with E-state index < -0.39 is 12.0 Å². The molecule has 3 rings (SSSR count). The predicted molar refractivity (Wildman–Crippen MR) is 85.5 cm³/mol. The average Bonchev–Trinajstić information content (AvgIpc) is 3.07. The molecule has 24 heavy (non-hydrogen) atoms. The van der Waals surface area contributed by atoms with E-state index in [0.29, 0.717) is 38.9 Å². The quantitative estimate of drug-likeness (QED) is 0.851. The fourth-order valence-corrected chi connectivity index (χ4v) is 3.49. The lowest BCUT2D eigenvalue weighted by molar-refractivity contribution is -0.150. The first-order valence-corrected chi connectivity index (χ1v) is 8.17. The van der Waals surface area contributed by atoms with Crippen LogP contribution in [0.1, 0.15) is 19.3 Å². The lowest BCUT2D eigenvalue weighted by atomic mass is 9.95. The lowest BCUT2D eigenvalue weighted by Crippen LogP contribution is -2.47. The van der Waals surface area contributed by atoms with Gasteiger partial charge in [0.25, 0.3) is 0 Å². The molecule has 1 N–H and O–H groups in total. The first-order chi connectivity index (χ1) is 11.6. The summed E-state index contributed by atoms with van der Waals surface area (Å²) in [6.07, 6.45) is 6.54. The molecule has 0 radical (unpaired) electrons. The number of methoxy groups -OCH3 is 1. The fourth-order valence-electron chi connectivity index (χ4n) is 3.49. The zero-order valence-electron chi connectivity index (χ0n) is 13.7. The van der Waals surface area contributed by atoms with E-state index in [9.17, 15) is 14.7 Å². The van der Waals surface area contributed by atoms with Crippen LogP contribution >= 0.6 is 0 Å². The van der Waals surface area contributed by atoms with Crippen molar-refractivity contribution >= 4 is 17.7 Å². The Labute approximate surface area is 140 Å². The van der Waals surface area contributed by atoms with E-state index in [2.05, 4.69) is 14.9 Å². The van der Waals surface area contributed by atoms with Crippen molar-refractivity contribution in [3.05, 3.63) is 18.6 Å². The van der Waals surface area contributed by atoms with Crippen molar-refractivity contribution in [2.45, 2.75) is 31.4 Å². The fraction of sp³-hybridized carbons (Fsp3) is 0.625. The number of piperidine rings is 1. The number of rotatable bonds is 4. The van der Waals surface area contributed by atoms with Crippen molar-refractivity contribution in [1.82, 2.24) is 14.9 Å². The molecular formula is C16H22N4O4. The molecule has 8 nitrogen and oxygen atoms in total. The Morgan fingerprint density at radius 1 is 1.29 bits per heavy atom. The molecule has 2 unspecified atom stereocenters. The van der Waals surface area contributed by atoms with E-state index in [1.54, 1.807) is 25.7 Å². The molecule has 1 amide bonds. The first kappa shape index (κ1) is 16.6. The van der Waals surface area contributed by atoms with Gasteiger partial charge in [0.15, 0.2) is 0 Å². The number of likely N-dealkylation sites (tertiary alicyclic amines) is 1. The number of hydrogen-bond donors (Lipinski definition) is 1. The predicted octanol–water partition coefficient (Wildman–Crippen LogP) is 0.394. The summed E-state index contributed by atoms with van der Waals surface area (Å²) in [5, 5.41) is 9.36. The van der Waals surface area contributed by atoms with E-state index >= 15 is 0 Å². The van der Waals surface area contributed by atoms with Crippen LogP contribution in [0.4, 0.5) is 5.82 Å². The van der Waals surface area contributed by atoms with Crippen LogP contribution in [0.15, 0.2) is 18.6 Å². The standard InChI is InChI=1S/C16H22N4O4/c1-24-12-8-13(16(22)23)20(10-12)15(21)11-2-6-19(7-3-11)14-9-17-4-5-18-14/h4-5,9,11-13H,2-3,6-8,10H2,1H3,(H,22,23). The molecule has 3 heterocycles. The number of aromatic nitrogens is 2. The second-order valence-electron chi connectivity index (χ2n) is 6.26. The molecule has 2 aliphatic heterocycles. The maximum atomic E-state index is 12.8. The van der Waals surface area contributed by atoms with E-state index in [0.717, 1.165) is 5.82 Å². The maximum absolute atomic E-state index is 12.8. The van der Waals surface area contributed by atoms with Gasteiger partial charge in [0.1, 0.15) is 11.9 Å². The van der Waals surface area contributed by atoms with E-state index in [1.165, 1.54) is 4.90 Å². The van der Waals surface area contributed by atoms with Gasteiger partial charge in [-0.1, -0.05) is 0 Å². The highest BCUT2D eigenvalue weighted by Gasteiger charge is 2.42. The number of carboxylic acid groups (broad SMARTS) is 1. The van der Waals surface area contributed by atoms with E-state index in [-0.39, 0.29) is 17.9 Å². The number of nitrogens with zero attached hydrogens (tertiary/aromatic N) is 4. The largest absolute Gasteiger partial charge is 0.480 e. The maximum Gasteiger partial charge on any atom is 0.326 e. The van der Waals surface area contributed by atoms with Gasteiger partial charge < -0.3 is 19.6 Å². The Hall–Kier alpha value is -2.22. The van der Waals surface area contributed by atoms with Crippen molar-refractivity contribution in [1.29, 1.82) is 0 Å². The molecule has 0 aliphatic carbocycles. The molecule has 0 bridgehead atoms. The summed E-state index contributed by atoms with van der Waals surface area (Å²) in [6.45, 7) is 1.79. The summed E-state index contributed by atoms with van der Waals surface area (Å²) >= 11 is 0. The van der Waals surface area contributed by atoms with Gasteiger partial charge in [-0.3, -0.25) is 9.78 Å². The van der Waals surface area contributed by atoms with Gasteiger partial charge in [0, 0.05) is 51.5 Å². The van der Waals surface area contributed by atoms with Crippen molar-refractivity contribution in [3.8, 4) is 0 Å². The monoisotopic (exact) mass is 334 g/mol. The summed E-state index contributed by atoms with van der Waals surface area (Å²) < 4.78 is 5.25. The number of amides is 1. The Balaban J connectivity index is 1.61. The average molecular weight is 334 g/mol. The molecule has 1 aromatic heterocycles. The third-order valence-corrected chi connectivity index (χ3v) is 4.88. The second kappa shape index (κ2) is 7.12. The van der Waals surface area contributed by atoms with E-state index in [4.69, 9.17) is 4.74 Å². The normalized spacial score (nSPS) is 25.0. The van der Waals surface area contributed by atoms with Gasteiger partial charge in [0.2, 0.25) is 5.91 Å². The molecule has 8 heteroatoms. The minimum absolute atomic E-state index is 0.0688. The van der Waals surface area contributed by atoms with Crippen molar-refractivity contribution in [2.75, 3.05) is 31.6 Å². The van der Waals surface area contributed by atoms with Crippen LogP contribution in [0, 0.1) is 5.92 Å². The third kappa shape index (κ3) is 3.33. The lowest BCUT2D eigenvalue weighted by Gasteiger charge is -2.34. The number of carbonyl (C=O) groups excluding carboxylic acids is 1. The smallest absolute Gasteiger partial charge is 0.326 e. The molecule has 2 fully saturated rings. The summed E-state index contributed by atoms with van der Waals surface area (Å²) in [4.78, 5) is 36.1. The zero-order valence-corrected chi connectivity index (χ0v) is 13.7. The SMILES string of the molecule is COC1CC(C(=O)O)N(C(=O)C2CCN(c3cnccn3)CC2)C1. The molecule has 2 aliphatic rings. The van der Waals surface area contributed by atoms with Gasteiger partial charge in [-0.05, 0) is 12.8 Å². The molecule has 2 saturated heterocycles. The topological polar surface area (TPSA) is 95.9 Å². The minimum atomic E-state index is -0.958. The van der Waals surface area contributed by atoms with Gasteiger partial charge in [-0.2, -0.15) is 0 Å². The molecule has 2 atom stereocenters. The Kier molecular flexibility index (Phi) is 4.94. The minimum Gasteiger partial charge on any atom is -0.480 e. The van der Waals surface area contributed by atoms with Crippen LogP contribution in [-0.2, 0) is 14.3 Å².